The second kappa shape index (κ2) is 7.28. The standard InChI is InChI=1S/C17H15BrF3NO3S/c18-16-6-2-5-14(22-16)15-10-13(7-8-25-15)26(23,24)12-4-1-3-11(9-12)17(19,20)21/h1-6,9,13,15H,7-8,10H2. The molecule has 26 heavy (non-hydrogen) atoms. The predicted molar refractivity (Wildman–Crippen MR) is 92.3 cm³/mol. The lowest BCUT2D eigenvalue weighted by Crippen LogP contribution is -2.31. The average Bonchev–Trinajstić information content (AvgIpc) is 2.61. The summed E-state index contributed by atoms with van der Waals surface area (Å²) in [5.41, 5.74) is -0.390. The lowest BCUT2D eigenvalue weighted by atomic mass is 10.1. The van der Waals surface area contributed by atoms with E-state index in [4.69, 9.17) is 4.74 Å². The Hall–Kier alpha value is -1.45. The van der Waals surface area contributed by atoms with Gasteiger partial charge in [-0.1, -0.05) is 12.1 Å². The molecule has 1 fully saturated rings. The van der Waals surface area contributed by atoms with E-state index in [1.165, 1.54) is 6.07 Å². The van der Waals surface area contributed by atoms with Crippen LogP contribution in [0.15, 0.2) is 52.0 Å². The van der Waals surface area contributed by atoms with Crippen molar-refractivity contribution in [2.75, 3.05) is 6.61 Å². The maximum absolute atomic E-state index is 12.9. The summed E-state index contributed by atoms with van der Waals surface area (Å²) in [6.45, 7) is 0.196. The third-order valence-corrected chi connectivity index (χ3v) is 6.89. The molecule has 4 nitrogen and oxygen atoms in total. The summed E-state index contributed by atoms with van der Waals surface area (Å²) in [4.78, 5) is 3.96. The molecule has 1 aliphatic heterocycles. The Morgan fingerprint density at radius 1 is 1.15 bits per heavy atom. The first-order valence-corrected chi connectivity index (χ1v) is 10.2. The number of aromatic nitrogens is 1. The van der Waals surface area contributed by atoms with Gasteiger partial charge in [0.15, 0.2) is 9.84 Å². The van der Waals surface area contributed by atoms with Gasteiger partial charge in [-0.2, -0.15) is 13.2 Å². The van der Waals surface area contributed by atoms with Gasteiger partial charge in [-0.05, 0) is 59.1 Å². The molecule has 2 atom stereocenters. The van der Waals surface area contributed by atoms with Gasteiger partial charge in [-0.15, -0.1) is 0 Å². The molecular weight excluding hydrogens is 435 g/mol. The molecule has 2 heterocycles. The Morgan fingerprint density at radius 3 is 2.58 bits per heavy atom. The predicted octanol–water partition coefficient (Wildman–Crippen LogP) is 4.56. The van der Waals surface area contributed by atoms with Crippen LogP contribution in [0.3, 0.4) is 0 Å². The van der Waals surface area contributed by atoms with Gasteiger partial charge in [0, 0.05) is 6.61 Å². The first-order valence-electron chi connectivity index (χ1n) is 7.83. The molecule has 140 valence electrons. The normalized spacial score (nSPS) is 21.5. The second-order valence-electron chi connectivity index (χ2n) is 5.96. The molecule has 0 radical (unpaired) electrons. The zero-order valence-electron chi connectivity index (χ0n) is 13.4. The van der Waals surface area contributed by atoms with E-state index < -0.39 is 32.9 Å². The Labute approximate surface area is 157 Å². The summed E-state index contributed by atoms with van der Waals surface area (Å²) in [6.07, 6.45) is -4.75. The Morgan fingerprint density at radius 2 is 1.88 bits per heavy atom. The highest BCUT2D eigenvalue weighted by atomic mass is 79.9. The molecule has 2 unspecified atom stereocenters. The molecule has 2 aromatic rings. The van der Waals surface area contributed by atoms with Gasteiger partial charge in [-0.3, -0.25) is 0 Å². The topological polar surface area (TPSA) is 56.3 Å². The Balaban J connectivity index is 1.88. The fourth-order valence-electron chi connectivity index (χ4n) is 2.90. The quantitative estimate of drug-likeness (QED) is 0.644. The highest BCUT2D eigenvalue weighted by Gasteiger charge is 2.37. The number of alkyl halides is 3. The van der Waals surface area contributed by atoms with Crippen LogP contribution in [-0.4, -0.2) is 25.3 Å². The van der Waals surface area contributed by atoms with Crippen LogP contribution in [-0.2, 0) is 20.8 Å². The lowest BCUT2D eigenvalue weighted by Gasteiger charge is -2.29. The van der Waals surface area contributed by atoms with Gasteiger partial charge < -0.3 is 4.74 Å². The smallest absolute Gasteiger partial charge is 0.372 e. The second-order valence-corrected chi connectivity index (χ2v) is 9.00. The number of benzene rings is 1. The zero-order chi connectivity index (χ0) is 18.9. The monoisotopic (exact) mass is 449 g/mol. The number of halogens is 4. The third kappa shape index (κ3) is 4.10. The van der Waals surface area contributed by atoms with Crippen molar-refractivity contribution in [1.82, 2.24) is 4.98 Å². The van der Waals surface area contributed by atoms with Crippen molar-refractivity contribution in [1.29, 1.82) is 0 Å². The fraction of sp³-hybridized carbons (Fsp3) is 0.353. The van der Waals surface area contributed by atoms with E-state index >= 15 is 0 Å². The largest absolute Gasteiger partial charge is 0.416 e. The zero-order valence-corrected chi connectivity index (χ0v) is 15.8. The van der Waals surface area contributed by atoms with Crippen molar-refractivity contribution in [2.24, 2.45) is 0 Å². The molecule has 0 aliphatic carbocycles. The van der Waals surface area contributed by atoms with Crippen LogP contribution in [0.2, 0.25) is 0 Å². The molecule has 0 N–H and O–H groups in total. The number of rotatable bonds is 3. The van der Waals surface area contributed by atoms with Crippen LogP contribution in [0.1, 0.15) is 30.2 Å². The van der Waals surface area contributed by atoms with Crippen LogP contribution in [0.5, 0.6) is 0 Å². The van der Waals surface area contributed by atoms with E-state index in [1.54, 1.807) is 18.2 Å². The Bertz CT molecular complexity index is 902. The SMILES string of the molecule is O=S(=O)(c1cccc(C(F)(F)F)c1)C1CCOC(c2cccc(Br)n2)C1. The van der Waals surface area contributed by atoms with Crippen molar-refractivity contribution in [3.8, 4) is 0 Å². The number of ether oxygens (including phenoxy) is 1. The first kappa shape index (κ1) is 19.3. The van der Waals surface area contributed by atoms with Crippen molar-refractivity contribution in [3.63, 3.8) is 0 Å². The molecule has 9 heteroatoms. The van der Waals surface area contributed by atoms with Gasteiger partial charge in [0.2, 0.25) is 0 Å². The molecule has 1 aromatic carbocycles. The molecule has 1 aliphatic rings. The average molecular weight is 450 g/mol. The minimum atomic E-state index is -4.59. The molecule has 3 rings (SSSR count). The summed E-state index contributed by atoms with van der Waals surface area (Å²) in [6, 6.07) is 9.10. The van der Waals surface area contributed by atoms with Crippen LogP contribution in [0.4, 0.5) is 13.2 Å². The fourth-order valence-corrected chi connectivity index (χ4v) is 5.04. The van der Waals surface area contributed by atoms with Crippen molar-refractivity contribution >= 4 is 25.8 Å². The summed E-state index contributed by atoms with van der Waals surface area (Å²) < 4.78 is 70.6. The van der Waals surface area contributed by atoms with Gasteiger partial charge in [0.1, 0.15) is 10.7 Å². The van der Waals surface area contributed by atoms with E-state index in [9.17, 15) is 21.6 Å². The van der Waals surface area contributed by atoms with E-state index in [0.717, 1.165) is 12.1 Å². The third-order valence-electron chi connectivity index (χ3n) is 4.23. The number of sulfone groups is 1. The van der Waals surface area contributed by atoms with E-state index in [-0.39, 0.29) is 24.3 Å². The lowest BCUT2D eigenvalue weighted by molar-refractivity contribution is -0.137. The highest BCUT2D eigenvalue weighted by Crippen LogP contribution is 2.35. The summed E-state index contributed by atoms with van der Waals surface area (Å²) in [7, 11) is -3.92. The van der Waals surface area contributed by atoms with Crippen molar-refractivity contribution < 1.29 is 26.3 Å². The van der Waals surface area contributed by atoms with E-state index in [1.807, 2.05) is 0 Å². The molecule has 1 aromatic heterocycles. The molecule has 1 saturated heterocycles. The van der Waals surface area contributed by atoms with Crippen LogP contribution >= 0.6 is 15.9 Å². The number of pyridine rings is 1. The summed E-state index contributed by atoms with van der Waals surface area (Å²) in [5.74, 6) is 0. The highest BCUT2D eigenvalue weighted by molar-refractivity contribution is 9.10. The minimum Gasteiger partial charge on any atom is -0.372 e. The van der Waals surface area contributed by atoms with Gasteiger partial charge in [0.25, 0.3) is 0 Å². The summed E-state index contributed by atoms with van der Waals surface area (Å²) >= 11 is 3.26. The first-order chi connectivity index (χ1) is 12.2. The molecule has 0 saturated carbocycles. The van der Waals surface area contributed by atoms with Crippen molar-refractivity contribution in [3.05, 3.63) is 58.3 Å². The maximum Gasteiger partial charge on any atom is 0.416 e. The van der Waals surface area contributed by atoms with Crippen molar-refractivity contribution in [2.45, 2.75) is 35.3 Å². The van der Waals surface area contributed by atoms with Gasteiger partial charge in [-0.25, -0.2) is 13.4 Å². The number of hydrogen-bond donors (Lipinski definition) is 0. The summed E-state index contributed by atoms with van der Waals surface area (Å²) in [5, 5.41) is -0.828. The minimum absolute atomic E-state index is 0.141. The number of hydrogen-bond acceptors (Lipinski definition) is 4. The number of nitrogens with zero attached hydrogens (tertiary/aromatic N) is 1. The molecule has 0 bridgehead atoms. The maximum atomic E-state index is 12.9. The molecular formula is C17H15BrF3NO3S. The van der Waals surface area contributed by atoms with Crippen LogP contribution in [0, 0.1) is 0 Å². The van der Waals surface area contributed by atoms with Gasteiger partial charge >= 0.3 is 6.18 Å². The molecule has 0 amide bonds. The Kier molecular flexibility index (Phi) is 5.41. The van der Waals surface area contributed by atoms with Gasteiger partial charge in [0.05, 0.1) is 21.4 Å². The van der Waals surface area contributed by atoms with E-state index in [0.29, 0.717) is 16.4 Å². The van der Waals surface area contributed by atoms with Crippen LogP contribution < -0.4 is 0 Å². The molecule has 0 spiro atoms. The van der Waals surface area contributed by atoms with E-state index in [2.05, 4.69) is 20.9 Å². The van der Waals surface area contributed by atoms with Crippen LogP contribution in [0.25, 0.3) is 0 Å².